The third-order valence-electron chi connectivity index (χ3n) is 1.87. The van der Waals surface area contributed by atoms with Crippen LogP contribution in [0, 0.1) is 0 Å². The van der Waals surface area contributed by atoms with E-state index in [-0.39, 0.29) is 6.17 Å². The highest BCUT2D eigenvalue weighted by Gasteiger charge is 2.07. The maximum Gasteiger partial charge on any atom is 0.0542 e. The molecule has 1 unspecified atom stereocenters. The van der Waals surface area contributed by atoms with E-state index in [0.717, 1.165) is 39.0 Å². The number of hydrogen-bond donors (Lipinski definition) is 3. The Labute approximate surface area is 75.1 Å². The molecule has 0 heterocycles. The van der Waals surface area contributed by atoms with Crippen molar-refractivity contribution in [2.45, 2.75) is 25.9 Å². The molecule has 0 amide bonds. The molecule has 12 heavy (non-hydrogen) atoms. The summed E-state index contributed by atoms with van der Waals surface area (Å²) < 4.78 is 0. The van der Waals surface area contributed by atoms with Gasteiger partial charge >= 0.3 is 0 Å². The van der Waals surface area contributed by atoms with Crippen LogP contribution in [0.4, 0.5) is 0 Å². The maximum absolute atomic E-state index is 5.76. The Kier molecular flexibility index (Phi) is 7.39. The summed E-state index contributed by atoms with van der Waals surface area (Å²) in [7, 11) is 0. The van der Waals surface area contributed by atoms with Gasteiger partial charge in [0.1, 0.15) is 0 Å². The van der Waals surface area contributed by atoms with Gasteiger partial charge in [0.15, 0.2) is 0 Å². The van der Waals surface area contributed by atoms with Crippen molar-refractivity contribution in [3.8, 4) is 0 Å². The number of hydrogen-bond acceptors (Lipinski definition) is 4. The van der Waals surface area contributed by atoms with Gasteiger partial charge < -0.3 is 17.2 Å². The lowest BCUT2D eigenvalue weighted by Gasteiger charge is -2.25. The minimum atomic E-state index is 0.114. The fourth-order valence-electron chi connectivity index (χ4n) is 1.11. The van der Waals surface area contributed by atoms with Crippen LogP contribution in [0.3, 0.4) is 0 Å². The van der Waals surface area contributed by atoms with Crippen LogP contribution in [-0.2, 0) is 0 Å². The highest BCUT2D eigenvalue weighted by atomic mass is 15.2. The van der Waals surface area contributed by atoms with E-state index in [1.807, 2.05) is 6.92 Å². The molecule has 0 spiro atoms. The van der Waals surface area contributed by atoms with E-state index < -0.39 is 0 Å². The number of nitrogens with two attached hydrogens (primary N) is 3. The molecule has 0 bridgehead atoms. The smallest absolute Gasteiger partial charge is 0.0542 e. The van der Waals surface area contributed by atoms with Crippen molar-refractivity contribution in [2.24, 2.45) is 17.2 Å². The van der Waals surface area contributed by atoms with Crippen LogP contribution < -0.4 is 17.2 Å². The molecule has 1 atom stereocenters. The lowest BCUT2D eigenvalue weighted by atomic mass is 10.3. The Morgan fingerprint density at radius 1 is 1.08 bits per heavy atom. The summed E-state index contributed by atoms with van der Waals surface area (Å²) in [5.41, 5.74) is 16.6. The Morgan fingerprint density at radius 2 is 1.50 bits per heavy atom. The molecule has 0 radical (unpaired) electrons. The van der Waals surface area contributed by atoms with Gasteiger partial charge in [0.2, 0.25) is 0 Å². The second kappa shape index (κ2) is 7.49. The van der Waals surface area contributed by atoms with Crippen LogP contribution in [0.5, 0.6) is 0 Å². The van der Waals surface area contributed by atoms with Crippen LogP contribution in [-0.4, -0.2) is 37.2 Å². The van der Waals surface area contributed by atoms with Crippen LogP contribution in [0.15, 0.2) is 0 Å². The lowest BCUT2D eigenvalue weighted by molar-refractivity contribution is 0.210. The van der Waals surface area contributed by atoms with Crippen LogP contribution in [0.2, 0.25) is 0 Å². The van der Waals surface area contributed by atoms with E-state index in [1.54, 1.807) is 0 Å². The van der Waals surface area contributed by atoms with Crippen molar-refractivity contribution in [1.82, 2.24) is 4.90 Å². The average Bonchev–Trinajstić information content (AvgIpc) is 2.04. The second-order valence-electron chi connectivity index (χ2n) is 3.06. The van der Waals surface area contributed by atoms with E-state index in [4.69, 9.17) is 17.2 Å². The maximum atomic E-state index is 5.76. The molecule has 0 aromatic carbocycles. The van der Waals surface area contributed by atoms with E-state index in [0.29, 0.717) is 0 Å². The summed E-state index contributed by atoms with van der Waals surface area (Å²) in [5, 5.41) is 0. The number of nitrogens with zero attached hydrogens (tertiary/aromatic N) is 1. The Hall–Kier alpha value is -0.160. The van der Waals surface area contributed by atoms with Gasteiger partial charge in [0, 0.05) is 13.1 Å². The summed E-state index contributed by atoms with van der Waals surface area (Å²) >= 11 is 0. The monoisotopic (exact) mass is 174 g/mol. The van der Waals surface area contributed by atoms with Crippen LogP contribution >= 0.6 is 0 Å². The predicted molar refractivity (Wildman–Crippen MR) is 52.6 cm³/mol. The summed E-state index contributed by atoms with van der Waals surface area (Å²) in [5.74, 6) is 0. The van der Waals surface area contributed by atoms with Gasteiger partial charge in [-0.1, -0.05) is 0 Å². The highest BCUT2D eigenvalue weighted by Crippen LogP contribution is 1.96. The molecule has 0 rings (SSSR count). The molecule has 0 aliphatic heterocycles. The molecule has 6 N–H and O–H groups in total. The standard InChI is InChI=1S/C8H22N4/c1-8(11)12(6-2-4-9)7-3-5-10/h8H,2-7,9-11H2,1H3. The largest absolute Gasteiger partial charge is 0.330 e. The minimum absolute atomic E-state index is 0.114. The zero-order chi connectivity index (χ0) is 9.40. The Balaban J connectivity index is 3.55. The third kappa shape index (κ3) is 5.49. The molecule has 0 saturated heterocycles. The van der Waals surface area contributed by atoms with Gasteiger partial charge in [-0.25, -0.2) is 0 Å². The lowest BCUT2D eigenvalue weighted by Crippen LogP contribution is -2.41. The molecule has 74 valence electrons. The van der Waals surface area contributed by atoms with Crippen molar-refractivity contribution in [3.63, 3.8) is 0 Å². The zero-order valence-electron chi connectivity index (χ0n) is 8.00. The quantitative estimate of drug-likeness (QED) is 0.445. The van der Waals surface area contributed by atoms with Crippen molar-refractivity contribution in [3.05, 3.63) is 0 Å². The van der Waals surface area contributed by atoms with E-state index in [2.05, 4.69) is 4.90 Å². The van der Waals surface area contributed by atoms with Gasteiger partial charge in [-0.2, -0.15) is 0 Å². The summed E-state index contributed by atoms with van der Waals surface area (Å²) in [4.78, 5) is 2.21. The van der Waals surface area contributed by atoms with Crippen molar-refractivity contribution in [2.75, 3.05) is 26.2 Å². The first-order valence-electron chi connectivity index (χ1n) is 4.62. The fraction of sp³-hybridized carbons (Fsp3) is 1.00. The molecule has 0 aromatic heterocycles. The Bertz CT molecular complexity index is 87.1. The molecule has 4 heteroatoms. The molecule has 0 aliphatic carbocycles. The first-order valence-corrected chi connectivity index (χ1v) is 4.62. The minimum Gasteiger partial charge on any atom is -0.330 e. The fourth-order valence-corrected chi connectivity index (χ4v) is 1.11. The van der Waals surface area contributed by atoms with Gasteiger partial charge in [0.05, 0.1) is 6.17 Å². The van der Waals surface area contributed by atoms with Crippen LogP contribution in [0.25, 0.3) is 0 Å². The second-order valence-corrected chi connectivity index (χ2v) is 3.06. The van der Waals surface area contributed by atoms with E-state index in [9.17, 15) is 0 Å². The van der Waals surface area contributed by atoms with Gasteiger partial charge in [0.25, 0.3) is 0 Å². The van der Waals surface area contributed by atoms with Gasteiger partial charge in [-0.15, -0.1) is 0 Å². The summed E-state index contributed by atoms with van der Waals surface area (Å²) in [6.07, 6.45) is 2.13. The van der Waals surface area contributed by atoms with Crippen molar-refractivity contribution in [1.29, 1.82) is 0 Å². The molecule has 4 nitrogen and oxygen atoms in total. The number of rotatable bonds is 7. The highest BCUT2D eigenvalue weighted by molar-refractivity contribution is 4.62. The first kappa shape index (κ1) is 11.8. The van der Waals surface area contributed by atoms with E-state index in [1.165, 1.54) is 0 Å². The summed E-state index contributed by atoms with van der Waals surface area (Å²) in [6.45, 7) is 5.41. The third-order valence-corrected chi connectivity index (χ3v) is 1.87. The first-order chi connectivity index (χ1) is 5.72. The molecular formula is C8H22N4. The van der Waals surface area contributed by atoms with Gasteiger partial charge in [-0.05, 0) is 32.9 Å². The molecular weight excluding hydrogens is 152 g/mol. The van der Waals surface area contributed by atoms with Crippen molar-refractivity contribution < 1.29 is 0 Å². The topological polar surface area (TPSA) is 81.3 Å². The molecule has 0 aliphatic rings. The van der Waals surface area contributed by atoms with Crippen molar-refractivity contribution >= 4 is 0 Å². The molecule has 0 saturated carbocycles. The average molecular weight is 174 g/mol. The molecule has 0 aromatic rings. The summed E-state index contributed by atoms with van der Waals surface area (Å²) in [6, 6.07) is 0. The Morgan fingerprint density at radius 3 is 1.75 bits per heavy atom. The van der Waals surface area contributed by atoms with E-state index >= 15 is 0 Å². The normalized spacial score (nSPS) is 13.8. The molecule has 0 fully saturated rings. The zero-order valence-corrected chi connectivity index (χ0v) is 8.00. The predicted octanol–water partition coefficient (Wildman–Crippen LogP) is -0.709. The van der Waals surface area contributed by atoms with Gasteiger partial charge in [-0.3, -0.25) is 4.90 Å². The SMILES string of the molecule is CC(N)N(CCCN)CCCN. The van der Waals surface area contributed by atoms with Crippen LogP contribution in [0.1, 0.15) is 19.8 Å².